The van der Waals surface area contributed by atoms with E-state index in [9.17, 15) is 4.79 Å². The summed E-state index contributed by atoms with van der Waals surface area (Å²) in [7, 11) is 0. The molecule has 1 rings (SSSR count). The van der Waals surface area contributed by atoms with Crippen molar-refractivity contribution in [1.82, 2.24) is 4.90 Å². The van der Waals surface area contributed by atoms with Gasteiger partial charge in [-0.15, -0.1) is 11.3 Å². The van der Waals surface area contributed by atoms with Crippen LogP contribution in [0.3, 0.4) is 0 Å². The number of carbonyl (C=O) groups excluding carboxylic acids is 1. The summed E-state index contributed by atoms with van der Waals surface area (Å²) in [5, 5.41) is 21.7. The van der Waals surface area contributed by atoms with E-state index in [1.807, 2.05) is 18.7 Å². The molecule has 0 atom stereocenters. The average Bonchev–Trinajstić information content (AvgIpc) is 2.64. The van der Waals surface area contributed by atoms with Crippen LogP contribution >= 0.6 is 11.3 Å². The first kappa shape index (κ1) is 17.1. The quantitative estimate of drug-likeness (QED) is 0.676. The van der Waals surface area contributed by atoms with Gasteiger partial charge in [0, 0.05) is 24.6 Å². The van der Waals surface area contributed by atoms with Crippen molar-refractivity contribution in [2.75, 3.05) is 38.2 Å². The molecule has 0 bridgehead atoms. The third kappa shape index (κ3) is 4.86. The Morgan fingerprint density at radius 3 is 2.35 bits per heavy atom. The summed E-state index contributed by atoms with van der Waals surface area (Å²) >= 11 is 1.59. The maximum atomic E-state index is 12.0. The molecule has 0 fully saturated rings. The van der Waals surface area contributed by atoms with Crippen molar-refractivity contribution >= 4 is 22.2 Å². The van der Waals surface area contributed by atoms with E-state index in [-0.39, 0.29) is 25.7 Å². The monoisotopic (exact) mass is 300 g/mol. The molecule has 20 heavy (non-hydrogen) atoms. The number of hydrogen-bond donors (Lipinski definition) is 3. The van der Waals surface area contributed by atoms with Gasteiger partial charge in [0.15, 0.2) is 0 Å². The molecule has 1 aromatic heterocycles. The first-order valence-corrected chi connectivity index (χ1v) is 7.61. The van der Waals surface area contributed by atoms with Crippen molar-refractivity contribution in [3.63, 3.8) is 0 Å². The van der Waals surface area contributed by atoms with Crippen molar-refractivity contribution in [2.45, 2.75) is 27.2 Å². The molecule has 1 aromatic rings. The van der Waals surface area contributed by atoms with Gasteiger partial charge in [-0.1, -0.05) is 0 Å². The molecule has 0 aliphatic heterocycles. The summed E-state index contributed by atoms with van der Waals surface area (Å²) in [6.45, 7) is 7.47. The Morgan fingerprint density at radius 2 is 1.85 bits per heavy atom. The Balaban J connectivity index is 2.58. The van der Waals surface area contributed by atoms with Crippen LogP contribution in [0.1, 0.15) is 22.4 Å². The predicted octanol–water partition coefficient (Wildman–Crippen LogP) is 1.29. The highest BCUT2D eigenvalue weighted by Crippen LogP contribution is 2.31. The van der Waals surface area contributed by atoms with Gasteiger partial charge in [-0.3, -0.25) is 9.69 Å². The summed E-state index contributed by atoms with van der Waals surface area (Å²) in [5.74, 6) is -0.0826. The lowest BCUT2D eigenvalue weighted by atomic mass is 10.2. The van der Waals surface area contributed by atoms with Gasteiger partial charge in [-0.25, -0.2) is 0 Å². The second kappa shape index (κ2) is 8.36. The second-order valence-corrected chi connectivity index (χ2v) is 6.09. The summed E-state index contributed by atoms with van der Waals surface area (Å²) in [4.78, 5) is 15.1. The van der Waals surface area contributed by atoms with E-state index in [4.69, 9.17) is 10.2 Å². The standard InChI is InChI=1S/C14H24N2O3S/c1-10-11(2)14(20-12(10)3)15-13(19)9-16(6-8-18)5-4-7-17/h17-18H,4-9H2,1-3H3,(H,15,19). The number of aliphatic hydroxyl groups excluding tert-OH is 2. The number of carbonyl (C=O) groups is 1. The molecule has 5 nitrogen and oxygen atoms in total. The third-order valence-corrected chi connectivity index (χ3v) is 4.58. The van der Waals surface area contributed by atoms with Gasteiger partial charge in [-0.05, 0) is 38.3 Å². The normalized spacial score (nSPS) is 11.1. The van der Waals surface area contributed by atoms with Crippen LogP contribution in [0.25, 0.3) is 0 Å². The molecule has 3 N–H and O–H groups in total. The highest BCUT2D eigenvalue weighted by Gasteiger charge is 2.14. The summed E-state index contributed by atoms with van der Waals surface area (Å²) in [5.41, 5.74) is 2.34. The molecular formula is C14H24N2O3S. The van der Waals surface area contributed by atoms with Gasteiger partial charge < -0.3 is 15.5 Å². The Morgan fingerprint density at radius 1 is 1.15 bits per heavy atom. The van der Waals surface area contributed by atoms with Gasteiger partial charge in [0.05, 0.1) is 18.2 Å². The smallest absolute Gasteiger partial charge is 0.239 e. The van der Waals surface area contributed by atoms with E-state index in [1.165, 1.54) is 10.4 Å². The molecule has 0 saturated heterocycles. The first-order chi connectivity index (χ1) is 9.49. The SMILES string of the molecule is Cc1sc(NC(=O)CN(CCO)CCCO)c(C)c1C. The van der Waals surface area contributed by atoms with Crippen LogP contribution in [-0.2, 0) is 4.79 Å². The van der Waals surface area contributed by atoms with E-state index in [0.717, 1.165) is 10.6 Å². The van der Waals surface area contributed by atoms with Crippen molar-refractivity contribution < 1.29 is 15.0 Å². The third-order valence-electron chi connectivity index (χ3n) is 3.36. The fourth-order valence-corrected chi connectivity index (χ4v) is 3.02. The fourth-order valence-electron chi connectivity index (χ4n) is 1.93. The Hall–Kier alpha value is -0.950. The predicted molar refractivity (Wildman–Crippen MR) is 82.4 cm³/mol. The van der Waals surface area contributed by atoms with Crippen LogP contribution in [-0.4, -0.2) is 53.9 Å². The van der Waals surface area contributed by atoms with Gasteiger partial charge >= 0.3 is 0 Å². The van der Waals surface area contributed by atoms with Crippen LogP contribution in [0.4, 0.5) is 5.00 Å². The zero-order valence-electron chi connectivity index (χ0n) is 12.4. The minimum absolute atomic E-state index is 0.00888. The van der Waals surface area contributed by atoms with Gasteiger partial charge in [0.25, 0.3) is 0 Å². The number of amides is 1. The maximum Gasteiger partial charge on any atom is 0.239 e. The summed E-state index contributed by atoms with van der Waals surface area (Å²) in [6.07, 6.45) is 0.601. The number of nitrogens with zero attached hydrogens (tertiary/aromatic N) is 1. The van der Waals surface area contributed by atoms with Crippen LogP contribution < -0.4 is 5.32 Å². The average molecular weight is 300 g/mol. The molecule has 0 spiro atoms. The lowest BCUT2D eigenvalue weighted by Crippen LogP contribution is -2.36. The van der Waals surface area contributed by atoms with Gasteiger partial charge in [0.2, 0.25) is 5.91 Å². The summed E-state index contributed by atoms with van der Waals surface area (Å²) in [6, 6.07) is 0. The number of nitrogens with one attached hydrogen (secondary N) is 1. The molecule has 0 radical (unpaired) electrons. The van der Waals surface area contributed by atoms with E-state index in [0.29, 0.717) is 19.5 Å². The number of thiophene rings is 1. The Kier molecular flexibility index (Phi) is 7.15. The lowest BCUT2D eigenvalue weighted by molar-refractivity contribution is -0.117. The van der Waals surface area contributed by atoms with E-state index in [2.05, 4.69) is 12.2 Å². The van der Waals surface area contributed by atoms with E-state index < -0.39 is 0 Å². The first-order valence-electron chi connectivity index (χ1n) is 6.80. The highest BCUT2D eigenvalue weighted by atomic mass is 32.1. The van der Waals surface area contributed by atoms with Crippen LogP contribution in [0.2, 0.25) is 0 Å². The zero-order valence-corrected chi connectivity index (χ0v) is 13.2. The van der Waals surface area contributed by atoms with Crippen molar-refractivity contribution in [2.24, 2.45) is 0 Å². The molecule has 0 saturated carbocycles. The van der Waals surface area contributed by atoms with Crippen LogP contribution in [0.15, 0.2) is 0 Å². The lowest BCUT2D eigenvalue weighted by Gasteiger charge is -2.20. The molecule has 0 aliphatic carbocycles. The Labute approximate surface area is 124 Å². The van der Waals surface area contributed by atoms with Crippen molar-refractivity contribution in [3.8, 4) is 0 Å². The fraction of sp³-hybridized carbons (Fsp3) is 0.643. The molecule has 0 unspecified atom stereocenters. The van der Waals surface area contributed by atoms with Crippen LogP contribution in [0.5, 0.6) is 0 Å². The maximum absolute atomic E-state index is 12.0. The highest BCUT2D eigenvalue weighted by molar-refractivity contribution is 7.16. The molecule has 114 valence electrons. The largest absolute Gasteiger partial charge is 0.396 e. The number of anilines is 1. The minimum Gasteiger partial charge on any atom is -0.396 e. The number of hydrogen-bond acceptors (Lipinski definition) is 5. The number of aliphatic hydroxyl groups is 2. The topological polar surface area (TPSA) is 72.8 Å². The molecule has 1 amide bonds. The van der Waals surface area contributed by atoms with Crippen molar-refractivity contribution in [1.29, 1.82) is 0 Å². The van der Waals surface area contributed by atoms with Gasteiger partial charge in [0.1, 0.15) is 0 Å². The zero-order chi connectivity index (χ0) is 15.1. The van der Waals surface area contributed by atoms with Crippen molar-refractivity contribution in [3.05, 3.63) is 16.0 Å². The molecule has 0 aliphatic rings. The molecular weight excluding hydrogens is 276 g/mol. The summed E-state index contributed by atoms with van der Waals surface area (Å²) < 4.78 is 0. The Bertz CT molecular complexity index is 446. The molecule has 0 aromatic carbocycles. The number of rotatable bonds is 8. The number of aryl methyl sites for hydroxylation is 1. The van der Waals surface area contributed by atoms with E-state index in [1.54, 1.807) is 11.3 Å². The van der Waals surface area contributed by atoms with E-state index >= 15 is 0 Å². The molecule has 6 heteroatoms. The minimum atomic E-state index is -0.0826. The second-order valence-electron chi connectivity index (χ2n) is 4.86. The van der Waals surface area contributed by atoms with Crippen LogP contribution in [0, 0.1) is 20.8 Å². The molecule has 1 heterocycles. The van der Waals surface area contributed by atoms with Gasteiger partial charge in [-0.2, -0.15) is 0 Å².